The van der Waals surface area contributed by atoms with Crippen LogP contribution in [-0.4, -0.2) is 6.04 Å². The number of hydrogen-bond acceptors (Lipinski definition) is 2. The van der Waals surface area contributed by atoms with Gasteiger partial charge in [-0.05, 0) is 30.7 Å². The maximum absolute atomic E-state index is 5.63. The Labute approximate surface area is 83.0 Å². The van der Waals surface area contributed by atoms with E-state index in [1.807, 2.05) is 37.3 Å². The van der Waals surface area contributed by atoms with E-state index in [0.717, 1.165) is 16.5 Å². The van der Waals surface area contributed by atoms with Crippen LogP contribution in [0.2, 0.25) is 0 Å². The number of benzene rings is 1. The van der Waals surface area contributed by atoms with Gasteiger partial charge in [-0.15, -0.1) is 0 Å². The Morgan fingerprint density at radius 3 is 3.00 bits per heavy atom. The van der Waals surface area contributed by atoms with Crippen LogP contribution in [0.25, 0.3) is 17.0 Å². The largest absolute Gasteiger partial charge is 0.464 e. The second-order valence-corrected chi connectivity index (χ2v) is 3.44. The summed E-state index contributed by atoms with van der Waals surface area (Å²) in [5.74, 6) is 0. The number of nitrogens with two attached hydrogens (primary N) is 1. The lowest BCUT2D eigenvalue weighted by molar-refractivity contribution is 0.616. The van der Waals surface area contributed by atoms with E-state index in [9.17, 15) is 0 Å². The summed E-state index contributed by atoms with van der Waals surface area (Å²) in [7, 11) is 0. The van der Waals surface area contributed by atoms with E-state index in [-0.39, 0.29) is 6.04 Å². The van der Waals surface area contributed by atoms with Gasteiger partial charge in [0, 0.05) is 11.4 Å². The Morgan fingerprint density at radius 2 is 2.21 bits per heavy atom. The predicted molar refractivity (Wildman–Crippen MR) is 58.9 cm³/mol. The first kappa shape index (κ1) is 9.03. The number of furan rings is 1. The third kappa shape index (κ3) is 1.86. The fourth-order valence-corrected chi connectivity index (χ4v) is 1.35. The number of rotatable bonds is 2. The molecule has 0 saturated heterocycles. The van der Waals surface area contributed by atoms with Crippen molar-refractivity contribution >= 4 is 17.0 Å². The highest BCUT2D eigenvalue weighted by atomic mass is 16.3. The molecule has 1 heterocycles. The van der Waals surface area contributed by atoms with Crippen LogP contribution in [0.4, 0.5) is 0 Å². The SMILES string of the molecule is CC(N)/C=C/c1ccc2occc2c1. The second-order valence-electron chi connectivity index (χ2n) is 3.44. The quantitative estimate of drug-likeness (QED) is 0.785. The van der Waals surface area contributed by atoms with Crippen molar-refractivity contribution < 1.29 is 4.42 Å². The number of hydrogen-bond donors (Lipinski definition) is 1. The molecule has 0 spiro atoms. The Bertz CT molecular complexity index is 454. The fourth-order valence-electron chi connectivity index (χ4n) is 1.35. The summed E-state index contributed by atoms with van der Waals surface area (Å²) in [6.07, 6.45) is 5.70. The van der Waals surface area contributed by atoms with Gasteiger partial charge in [0.05, 0.1) is 6.26 Å². The summed E-state index contributed by atoms with van der Waals surface area (Å²) in [5.41, 5.74) is 7.70. The monoisotopic (exact) mass is 187 g/mol. The molecule has 2 rings (SSSR count). The predicted octanol–water partition coefficient (Wildman–Crippen LogP) is 2.79. The molecule has 0 bridgehead atoms. The first-order valence-electron chi connectivity index (χ1n) is 4.67. The van der Waals surface area contributed by atoms with E-state index in [2.05, 4.69) is 6.07 Å². The van der Waals surface area contributed by atoms with Crippen LogP contribution in [0.15, 0.2) is 41.0 Å². The van der Waals surface area contributed by atoms with Crippen molar-refractivity contribution in [3.05, 3.63) is 42.2 Å². The van der Waals surface area contributed by atoms with Gasteiger partial charge in [0.25, 0.3) is 0 Å². The summed E-state index contributed by atoms with van der Waals surface area (Å²) in [6, 6.07) is 8.12. The molecule has 2 aromatic rings. The van der Waals surface area contributed by atoms with E-state index in [1.165, 1.54) is 0 Å². The molecule has 0 amide bonds. The maximum Gasteiger partial charge on any atom is 0.133 e. The highest BCUT2D eigenvalue weighted by Gasteiger charge is 1.96. The zero-order chi connectivity index (χ0) is 9.97. The Morgan fingerprint density at radius 1 is 1.36 bits per heavy atom. The smallest absolute Gasteiger partial charge is 0.133 e. The highest BCUT2D eigenvalue weighted by molar-refractivity contribution is 5.79. The molecule has 1 aromatic heterocycles. The lowest BCUT2D eigenvalue weighted by Crippen LogP contribution is -2.09. The zero-order valence-electron chi connectivity index (χ0n) is 8.10. The van der Waals surface area contributed by atoms with E-state index in [4.69, 9.17) is 10.2 Å². The molecule has 2 heteroatoms. The summed E-state index contributed by atoms with van der Waals surface area (Å²) in [4.78, 5) is 0. The minimum atomic E-state index is 0.0926. The van der Waals surface area contributed by atoms with Crippen molar-refractivity contribution in [2.75, 3.05) is 0 Å². The van der Waals surface area contributed by atoms with Gasteiger partial charge in [-0.2, -0.15) is 0 Å². The van der Waals surface area contributed by atoms with Gasteiger partial charge < -0.3 is 10.2 Å². The first-order valence-corrected chi connectivity index (χ1v) is 4.67. The summed E-state index contributed by atoms with van der Waals surface area (Å²) in [5, 5.41) is 1.12. The molecule has 0 fully saturated rings. The van der Waals surface area contributed by atoms with Crippen LogP contribution in [-0.2, 0) is 0 Å². The first-order chi connectivity index (χ1) is 6.75. The molecule has 1 atom stereocenters. The van der Waals surface area contributed by atoms with Gasteiger partial charge in [-0.3, -0.25) is 0 Å². The van der Waals surface area contributed by atoms with Crippen LogP contribution in [0.5, 0.6) is 0 Å². The molecule has 0 aliphatic rings. The standard InChI is InChI=1S/C12H13NO/c1-9(13)2-3-10-4-5-12-11(8-10)6-7-14-12/h2-9H,13H2,1H3/b3-2+. The molecule has 0 radical (unpaired) electrons. The van der Waals surface area contributed by atoms with Gasteiger partial charge in [0.2, 0.25) is 0 Å². The molecular weight excluding hydrogens is 174 g/mol. The normalized spacial score (nSPS) is 13.9. The fraction of sp³-hybridized carbons (Fsp3) is 0.167. The molecule has 0 aliphatic carbocycles. The molecule has 0 aliphatic heterocycles. The van der Waals surface area contributed by atoms with Crippen molar-refractivity contribution in [3.8, 4) is 0 Å². The van der Waals surface area contributed by atoms with Crippen molar-refractivity contribution in [1.29, 1.82) is 0 Å². The molecule has 0 saturated carbocycles. The van der Waals surface area contributed by atoms with Gasteiger partial charge in [0.15, 0.2) is 0 Å². The van der Waals surface area contributed by atoms with Crippen molar-refractivity contribution in [3.63, 3.8) is 0 Å². The Kier molecular flexibility index (Phi) is 2.37. The Hall–Kier alpha value is -1.54. The van der Waals surface area contributed by atoms with E-state index < -0.39 is 0 Å². The van der Waals surface area contributed by atoms with Crippen LogP contribution >= 0.6 is 0 Å². The van der Waals surface area contributed by atoms with Crippen LogP contribution in [0.3, 0.4) is 0 Å². The van der Waals surface area contributed by atoms with Crippen LogP contribution < -0.4 is 5.73 Å². The average Bonchev–Trinajstić information content (AvgIpc) is 2.61. The van der Waals surface area contributed by atoms with Gasteiger partial charge in [-0.25, -0.2) is 0 Å². The minimum Gasteiger partial charge on any atom is -0.464 e. The number of fused-ring (bicyclic) bond motifs is 1. The molecule has 1 aromatic carbocycles. The van der Waals surface area contributed by atoms with Gasteiger partial charge >= 0.3 is 0 Å². The van der Waals surface area contributed by atoms with Gasteiger partial charge in [-0.1, -0.05) is 18.2 Å². The Balaban J connectivity index is 2.34. The van der Waals surface area contributed by atoms with E-state index in [0.29, 0.717) is 0 Å². The van der Waals surface area contributed by atoms with Crippen molar-refractivity contribution in [2.45, 2.75) is 13.0 Å². The third-order valence-electron chi connectivity index (χ3n) is 2.07. The van der Waals surface area contributed by atoms with E-state index in [1.54, 1.807) is 6.26 Å². The topological polar surface area (TPSA) is 39.2 Å². The van der Waals surface area contributed by atoms with Crippen molar-refractivity contribution in [2.24, 2.45) is 5.73 Å². The molecule has 1 unspecified atom stereocenters. The van der Waals surface area contributed by atoms with Crippen LogP contribution in [0, 0.1) is 0 Å². The molecular formula is C12H13NO. The molecule has 2 nitrogen and oxygen atoms in total. The summed E-state index contributed by atoms with van der Waals surface area (Å²) < 4.78 is 5.25. The molecule has 2 N–H and O–H groups in total. The summed E-state index contributed by atoms with van der Waals surface area (Å²) in [6.45, 7) is 1.95. The lowest BCUT2D eigenvalue weighted by Gasteiger charge is -1.96. The maximum atomic E-state index is 5.63. The van der Waals surface area contributed by atoms with Crippen molar-refractivity contribution in [1.82, 2.24) is 0 Å². The molecule has 72 valence electrons. The zero-order valence-corrected chi connectivity index (χ0v) is 8.10. The van der Waals surface area contributed by atoms with Crippen LogP contribution in [0.1, 0.15) is 12.5 Å². The lowest BCUT2D eigenvalue weighted by atomic mass is 10.1. The second kappa shape index (κ2) is 3.68. The van der Waals surface area contributed by atoms with Gasteiger partial charge in [0.1, 0.15) is 5.58 Å². The third-order valence-corrected chi connectivity index (χ3v) is 2.07. The highest BCUT2D eigenvalue weighted by Crippen LogP contribution is 2.17. The minimum absolute atomic E-state index is 0.0926. The summed E-state index contributed by atoms with van der Waals surface area (Å²) >= 11 is 0. The molecule has 14 heavy (non-hydrogen) atoms. The van der Waals surface area contributed by atoms with E-state index >= 15 is 0 Å². The average molecular weight is 187 g/mol.